The van der Waals surface area contributed by atoms with Gasteiger partial charge in [0.25, 0.3) is 0 Å². The number of benzene rings is 1. The number of hydrogen-bond donors (Lipinski definition) is 1. The Morgan fingerprint density at radius 3 is 2.80 bits per heavy atom. The number of anilines is 2. The lowest BCUT2D eigenvalue weighted by Gasteiger charge is -2.18. The first-order valence-electron chi connectivity index (χ1n) is 7.99. The Bertz CT molecular complexity index is 738. The SMILES string of the molecule is CN(C)c1cncc(OC2CCN(C(=O)Nc3ccc(Cl)cc3)C2)n1. The van der Waals surface area contributed by atoms with Crippen LogP contribution in [0.1, 0.15) is 6.42 Å². The summed E-state index contributed by atoms with van der Waals surface area (Å²) in [5, 5.41) is 3.49. The molecule has 1 aliphatic heterocycles. The van der Waals surface area contributed by atoms with Crippen LogP contribution in [0.15, 0.2) is 36.7 Å². The van der Waals surface area contributed by atoms with Gasteiger partial charge in [0, 0.05) is 37.8 Å². The van der Waals surface area contributed by atoms with E-state index in [4.69, 9.17) is 16.3 Å². The Morgan fingerprint density at radius 1 is 1.32 bits per heavy atom. The Morgan fingerprint density at radius 2 is 2.08 bits per heavy atom. The molecule has 1 aromatic carbocycles. The second-order valence-electron chi connectivity index (χ2n) is 6.02. The zero-order chi connectivity index (χ0) is 17.8. The minimum Gasteiger partial charge on any atom is -0.471 e. The molecule has 2 aromatic rings. The van der Waals surface area contributed by atoms with Crippen LogP contribution in [0.25, 0.3) is 0 Å². The highest BCUT2D eigenvalue weighted by Crippen LogP contribution is 2.19. The summed E-state index contributed by atoms with van der Waals surface area (Å²) in [6, 6.07) is 6.87. The van der Waals surface area contributed by atoms with Crippen molar-refractivity contribution in [3.8, 4) is 5.88 Å². The minimum absolute atomic E-state index is 0.0947. The summed E-state index contributed by atoms with van der Waals surface area (Å²) in [5.74, 6) is 1.20. The normalized spacial score (nSPS) is 16.6. The first-order chi connectivity index (χ1) is 12.0. The van der Waals surface area contributed by atoms with Gasteiger partial charge >= 0.3 is 6.03 Å². The number of likely N-dealkylation sites (tertiary alicyclic amines) is 1. The number of urea groups is 1. The molecule has 1 N–H and O–H groups in total. The zero-order valence-corrected chi connectivity index (χ0v) is 14.9. The Hall–Kier alpha value is -2.54. The molecule has 0 spiro atoms. The largest absolute Gasteiger partial charge is 0.471 e. The van der Waals surface area contributed by atoms with Crippen molar-refractivity contribution in [2.75, 3.05) is 37.4 Å². The Balaban J connectivity index is 1.55. The van der Waals surface area contributed by atoms with Gasteiger partial charge < -0.3 is 19.9 Å². The van der Waals surface area contributed by atoms with Crippen LogP contribution in [0.2, 0.25) is 5.02 Å². The number of amides is 2. The molecule has 0 saturated carbocycles. The number of rotatable bonds is 4. The molecule has 0 aliphatic carbocycles. The van der Waals surface area contributed by atoms with E-state index in [1.165, 1.54) is 0 Å². The Labute approximate surface area is 151 Å². The van der Waals surface area contributed by atoms with E-state index >= 15 is 0 Å². The average Bonchev–Trinajstić information content (AvgIpc) is 3.06. The number of carbonyl (C=O) groups excluding carboxylic acids is 1. The second kappa shape index (κ2) is 7.57. The first kappa shape index (κ1) is 17.3. The molecule has 8 heteroatoms. The van der Waals surface area contributed by atoms with E-state index in [0.29, 0.717) is 29.7 Å². The lowest BCUT2D eigenvalue weighted by molar-refractivity contribution is 0.189. The molecule has 132 valence electrons. The summed E-state index contributed by atoms with van der Waals surface area (Å²) < 4.78 is 5.87. The van der Waals surface area contributed by atoms with E-state index in [1.54, 1.807) is 41.6 Å². The highest BCUT2D eigenvalue weighted by atomic mass is 35.5. The third-order valence-electron chi connectivity index (χ3n) is 3.87. The molecule has 1 saturated heterocycles. The predicted octanol–water partition coefficient (Wildman–Crippen LogP) is 2.88. The van der Waals surface area contributed by atoms with Crippen molar-refractivity contribution >= 4 is 29.1 Å². The van der Waals surface area contributed by atoms with E-state index in [-0.39, 0.29) is 12.1 Å². The summed E-state index contributed by atoms with van der Waals surface area (Å²) in [7, 11) is 3.79. The van der Waals surface area contributed by atoms with Gasteiger partial charge in [-0.1, -0.05) is 11.6 Å². The summed E-state index contributed by atoms with van der Waals surface area (Å²) in [4.78, 5) is 24.4. The fourth-order valence-corrected chi connectivity index (χ4v) is 2.65. The molecule has 1 atom stereocenters. The van der Waals surface area contributed by atoms with Crippen LogP contribution in [0.4, 0.5) is 16.3 Å². The van der Waals surface area contributed by atoms with Crippen molar-refractivity contribution in [1.29, 1.82) is 0 Å². The molecule has 0 bridgehead atoms. The van der Waals surface area contributed by atoms with Gasteiger partial charge in [0.15, 0.2) is 5.82 Å². The molecule has 1 unspecified atom stereocenters. The van der Waals surface area contributed by atoms with Crippen LogP contribution in [0.3, 0.4) is 0 Å². The van der Waals surface area contributed by atoms with E-state index in [9.17, 15) is 4.79 Å². The third kappa shape index (κ3) is 4.51. The fraction of sp³-hybridized carbons (Fsp3) is 0.353. The molecule has 3 rings (SSSR count). The summed E-state index contributed by atoms with van der Waals surface area (Å²) >= 11 is 5.85. The number of carbonyl (C=O) groups is 1. The van der Waals surface area contributed by atoms with Gasteiger partial charge in [0.05, 0.1) is 18.9 Å². The maximum atomic E-state index is 12.3. The average molecular weight is 362 g/mol. The molecule has 7 nitrogen and oxygen atoms in total. The maximum Gasteiger partial charge on any atom is 0.321 e. The van der Waals surface area contributed by atoms with Crippen LogP contribution >= 0.6 is 11.6 Å². The predicted molar refractivity (Wildman–Crippen MR) is 97.4 cm³/mol. The van der Waals surface area contributed by atoms with Crippen molar-refractivity contribution in [3.63, 3.8) is 0 Å². The number of hydrogen-bond acceptors (Lipinski definition) is 5. The molecule has 1 aromatic heterocycles. The summed E-state index contributed by atoms with van der Waals surface area (Å²) in [6.45, 7) is 1.14. The highest BCUT2D eigenvalue weighted by molar-refractivity contribution is 6.30. The molecule has 2 heterocycles. The van der Waals surface area contributed by atoms with Crippen LogP contribution in [-0.4, -0.2) is 54.2 Å². The van der Waals surface area contributed by atoms with Crippen LogP contribution in [-0.2, 0) is 0 Å². The van der Waals surface area contributed by atoms with Crippen LogP contribution < -0.4 is 15.0 Å². The Kier molecular flexibility index (Phi) is 5.23. The van der Waals surface area contributed by atoms with Crippen molar-refractivity contribution in [2.24, 2.45) is 0 Å². The molecule has 2 amide bonds. The molecule has 1 fully saturated rings. The van der Waals surface area contributed by atoms with Crippen molar-refractivity contribution in [2.45, 2.75) is 12.5 Å². The number of halogens is 1. The zero-order valence-electron chi connectivity index (χ0n) is 14.1. The van der Waals surface area contributed by atoms with Gasteiger partial charge in [0.2, 0.25) is 5.88 Å². The quantitative estimate of drug-likeness (QED) is 0.906. The van der Waals surface area contributed by atoms with Crippen LogP contribution in [0, 0.1) is 0 Å². The maximum absolute atomic E-state index is 12.3. The molecule has 1 aliphatic rings. The van der Waals surface area contributed by atoms with E-state index in [1.807, 2.05) is 19.0 Å². The lowest BCUT2D eigenvalue weighted by Crippen LogP contribution is -2.34. The van der Waals surface area contributed by atoms with Gasteiger partial charge in [-0.05, 0) is 24.3 Å². The minimum atomic E-state index is -0.151. The monoisotopic (exact) mass is 361 g/mol. The van der Waals surface area contributed by atoms with Crippen LogP contribution in [0.5, 0.6) is 5.88 Å². The summed E-state index contributed by atoms with van der Waals surface area (Å²) in [5.41, 5.74) is 0.711. The fourth-order valence-electron chi connectivity index (χ4n) is 2.53. The lowest BCUT2D eigenvalue weighted by atomic mass is 10.3. The molecular weight excluding hydrogens is 342 g/mol. The van der Waals surface area contributed by atoms with Gasteiger partial charge in [-0.25, -0.2) is 4.79 Å². The topological polar surface area (TPSA) is 70.6 Å². The first-order valence-corrected chi connectivity index (χ1v) is 8.36. The van der Waals surface area contributed by atoms with E-state index in [0.717, 1.165) is 12.2 Å². The van der Waals surface area contributed by atoms with Crippen molar-refractivity contribution in [1.82, 2.24) is 14.9 Å². The highest BCUT2D eigenvalue weighted by Gasteiger charge is 2.28. The summed E-state index contributed by atoms with van der Waals surface area (Å²) in [6.07, 6.45) is 3.92. The second-order valence-corrected chi connectivity index (χ2v) is 6.46. The van der Waals surface area contributed by atoms with Gasteiger partial charge in [0.1, 0.15) is 6.10 Å². The van der Waals surface area contributed by atoms with E-state index in [2.05, 4.69) is 15.3 Å². The standard InChI is InChI=1S/C17H20ClN5O2/c1-22(2)15-9-19-10-16(21-15)25-14-7-8-23(11-14)17(24)20-13-5-3-12(18)4-6-13/h3-6,9-10,14H,7-8,11H2,1-2H3,(H,20,24). The number of ether oxygens (including phenoxy) is 1. The number of nitrogens with zero attached hydrogens (tertiary/aromatic N) is 4. The molecule has 25 heavy (non-hydrogen) atoms. The van der Waals surface area contributed by atoms with Gasteiger partial charge in [-0.3, -0.25) is 4.98 Å². The van der Waals surface area contributed by atoms with Crippen molar-refractivity contribution < 1.29 is 9.53 Å². The van der Waals surface area contributed by atoms with Gasteiger partial charge in [-0.2, -0.15) is 4.98 Å². The van der Waals surface area contributed by atoms with Gasteiger partial charge in [-0.15, -0.1) is 0 Å². The number of aromatic nitrogens is 2. The molecule has 0 radical (unpaired) electrons. The van der Waals surface area contributed by atoms with E-state index < -0.39 is 0 Å². The number of nitrogens with one attached hydrogen (secondary N) is 1. The van der Waals surface area contributed by atoms with Crippen molar-refractivity contribution in [3.05, 3.63) is 41.7 Å². The molecular formula is C17H20ClN5O2. The smallest absolute Gasteiger partial charge is 0.321 e. The third-order valence-corrected chi connectivity index (χ3v) is 4.13.